The number of hydrogen-bond acceptors (Lipinski definition) is 7. The van der Waals surface area contributed by atoms with Crippen molar-refractivity contribution in [2.75, 3.05) is 37.3 Å². The Labute approximate surface area is 122 Å². The predicted molar refractivity (Wildman–Crippen MR) is 75.6 cm³/mol. The van der Waals surface area contributed by atoms with Crippen molar-refractivity contribution in [3.8, 4) is 5.82 Å². The van der Waals surface area contributed by atoms with Crippen molar-refractivity contribution in [2.45, 2.75) is 0 Å². The first-order chi connectivity index (χ1) is 10.0. The second-order valence-corrected chi connectivity index (χ2v) is 6.71. The van der Waals surface area contributed by atoms with E-state index in [1.807, 2.05) is 11.0 Å². The fourth-order valence-electron chi connectivity index (χ4n) is 2.21. The van der Waals surface area contributed by atoms with Crippen LogP contribution in [0.1, 0.15) is 0 Å². The summed E-state index contributed by atoms with van der Waals surface area (Å²) in [7, 11) is -3.12. The smallest absolute Gasteiger partial charge is 0.211 e. The molecule has 0 atom stereocenters. The Balaban J connectivity index is 1.76. The molecule has 112 valence electrons. The van der Waals surface area contributed by atoms with Crippen LogP contribution in [0.5, 0.6) is 0 Å². The Kier molecular flexibility index (Phi) is 3.55. The first-order valence-electron chi connectivity index (χ1n) is 6.41. The third-order valence-electron chi connectivity index (χ3n) is 3.32. The molecule has 21 heavy (non-hydrogen) atoms. The van der Waals surface area contributed by atoms with Gasteiger partial charge in [0.05, 0.1) is 6.26 Å². The Hall–Kier alpha value is -2.07. The van der Waals surface area contributed by atoms with Gasteiger partial charge in [-0.3, -0.25) is 0 Å². The van der Waals surface area contributed by atoms with Gasteiger partial charge in [0.15, 0.2) is 5.82 Å². The van der Waals surface area contributed by atoms with Crippen molar-refractivity contribution in [2.24, 2.45) is 0 Å². The van der Waals surface area contributed by atoms with Gasteiger partial charge in [0.25, 0.3) is 0 Å². The topological polar surface area (TPSA) is 97.1 Å². The average Bonchev–Trinajstić information content (AvgIpc) is 3.01. The highest BCUT2D eigenvalue weighted by Gasteiger charge is 2.24. The highest BCUT2D eigenvalue weighted by atomic mass is 32.2. The molecular weight excluding hydrogens is 294 g/mol. The highest BCUT2D eigenvalue weighted by molar-refractivity contribution is 7.88. The molecule has 0 aromatic carbocycles. The summed E-state index contributed by atoms with van der Waals surface area (Å²) in [6.07, 6.45) is 5.70. The van der Waals surface area contributed by atoms with Crippen LogP contribution in [0.2, 0.25) is 0 Å². The maximum atomic E-state index is 11.5. The van der Waals surface area contributed by atoms with Gasteiger partial charge in [0.2, 0.25) is 10.0 Å². The minimum Gasteiger partial charge on any atom is -0.354 e. The SMILES string of the molecule is CS(=O)(=O)N1CCN(c2cc(-n3cncn3)ncn2)CC1. The lowest BCUT2D eigenvalue weighted by atomic mass is 10.3. The van der Waals surface area contributed by atoms with Crippen LogP contribution in [0.15, 0.2) is 25.0 Å². The van der Waals surface area contributed by atoms with Gasteiger partial charge < -0.3 is 4.90 Å². The molecular formula is C11H15N7O2S. The average molecular weight is 309 g/mol. The lowest BCUT2D eigenvalue weighted by Gasteiger charge is -2.33. The van der Waals surface area contributed by atoms with Gasteiger partial charge in [0, 0.05) is 32.2 Å². The first kappa shape index (κ1) is 13.9. The van der Waals surface area contributed by atoms with Crippen molar-refractivity contribution < 1.29 is 8.42 Å². The van der Waals surface area contributed by atoms with Crippen LogP contribution in [-0.4, -0.2) is 69.9 Å². The third-order valence-corrected chi connectivity index (χ3v) is 4.63. The minimum absolute atomic E-state index is 0.460. The van der Waals surface area contributed by atoms with Gasteiger partial charge in [-0.2, -0.15) is 9.40 Å². The summed E-state index contributed by atoms with van der Waals surface area (Å²) in [6.45, 7) is 2.12. The molecule has 1 aliphatic heterocycles. The standard InChI is InChI=1S/C11H15N7O2S/c1-21(19,20)17-4-2-16(3-5-17)10-6-11(14-8-13-10)18-9-12-7-15-18/h6-9H,2-5H2,1H3. The number of nitrogens with zero attached hydrogens (tertiary/aromatic N) is 7. The highest BCUT2D eigenvalue weighted by Crippen LogP contribution is 2.16. The number of sulfonamides is 1. The van der Waals surface area contributed by atoms with E-state index in [9.17, 15) is 8.42 Å². The van der Waals surface area contributed by atoms with Crippen LogP contribution >= 0.6 is 0 Å². The van der Waals surface area contributed by atoms with E-state index in [1.54, 1.807) is 11.0 Å². The summed E-state index contributed by atoms with van der Waals surface area (Å²) >= 11 is 0. The van der Waals surface area contributed by atoms with E-state index in [2.05, 4.69) is 20.1 Å². The first-order valence-corrected chi connectivity index (χ1v) is 8.26. The van der Waals surface area contributed by atoms with Gasteiger partial charge in [-0.05, 0) is 0 Å². The zero-order valence-electron chi connectivity index (χ0n) is 11.5. The van der Waals surface area contributed by atoms with E-state index >= 15 is 0 Å². The number of anilines is 1. The summed E-state index contributed by atoms with van der Waals surface area (Å²) in [5.74, 6) is 1.38. The monoisotopic (exact) mass is 309 g/mol. The summed E-state index contributed by atoms with van der Waals surface area (Å²) in [5, 5.41) is 4.03. The van der Waals surface area contributed by atoms with E-state index < -0.39 is 10.0 Å². The van der Waals surface area contributed by atoms with Gasteiger partial charge >= 0.3 is 0 Å². The molecule has 1 saturated heterocycles. The lowest BCUT2D eigenvalue weighted by Crippen LogP contribution is -2.48. The van der Waals surface area contributed by atoms with E-state index in [4.69, 9.17) is 0 Å². The molecule has 9 nitrogen and oxygen atoms in total. The number of rotatable bonds is 3. The fourth-order valence-corrected chi connectivity index (χ4v) is 3.04. The Morgan fingerprint density at radius 2 is 1.76 bits per heavy atom. The predicted octanol–water partition coefficient (Wildman–Crippen LogP) is -0.861. The minimum atomic E-state index is -3.12. The number of aromatic nitrogens is 5. The van der Waals surface area contributed by atoms with Crippen molar-refractivity contribution in [3.63, 3.8) is 0 Å². The van der Waals surface area contributed by atoms with Crippen molar-refractivity contribution in [1.82, 2.24) is 29.0 Å². The van der Waals surface area contributed by atoms with Crippen molar-refractivity contribution in [1.29, 1.82) is 0 Å². The van der Waals surface area contributed by atoms with Crippen LogP contribution in [-0.2, 0) is 10.0 Å². The maximum absolute atomic E-state index is 11.5. The maximum Gasteiger partial charge on any atom is 0.211 e. The van der Waals surface area contributed by atoms with E-state index in [1.165, 1.54) is 23.2 Å². The molecule has 0 unspecified atom stereocenters. The molecule has 1 fully saturated rings. The largest absolute Gasteiger partial charge is 0.354 e. The van der Waals surface area contributed by atoms with Gasteiger partial charge in [-0.25, -0.2) is 28.1 Å². The van der Waals surface area contributed by atoms with Gasteiger partial charge in [-0.15, -0.1) is 0 Å². The van der Waals surface area contributed by atoms with Crippen LogP contribution in [0.25, 0.3) is 5.82 Å². The molecule has 3 heterocycles. The molecule has 0 N–H and O–H groups in total. The molecule has 0 spiro atoms. The zero-order valence-corrected chi connectivity index (χ0v) is 12.3. The molecule has 2 aromatic heterocycles. The van der Waals surface area contributed by atoms with Crippen LogP contribution in [0, 0.1) is 0 Å². The molecule has 0 aliphatic carbocycles. The fraction of sp³-hybridized carbons (Fsp3) is 0.455. The van der Waals surface area contributed by atoms with Crippen LogP contribution in [0.4, 0.5) is 5.82 Å². The van der Waals surface area contributed by atoms with Crippen LogP contribution < -0.4 is 4.90 Å². The number of hydrogen-bond donors (Lipinski definition) is 0. The van der Waals surface area contributed by atoms with E-state index in [0.29, 0.717) is 32.0 Å². The van der Waals surface area contributed by atoms with E-state index in [0.717, 1.165) is 5.82 Å². The second kappa shape index (κ2) is 5.37. The molecule has 0 amide bonds. The second-order valence-electron chi connectivity index (χ2n) is 4.72. The van der Waals surface area contributed by atoms with Gasteiger partial charge in [-0.1, -0.05) is 0 Å². The molecule has 10 heteroatoms. The van der Waals surface area contributed by atoms with Crippen molar-refractivity contribution in [3.05, 3.63) is 25.0 Å². The van der Waals surface area contributed by atoms with Crippen molar-refractivity contribution >= 4 is 15.8 Å². The summed E-state index contributed by atoms with van der Waals surface area (Å²) in [6, 6.07) is 1.81. The molecule has 0 saturated carbocycles. The Morgan fingerprint density at radius 3 is 2.38 bits per heavy atom. The summed E-state index contributed by atoms with van der Waals surface area (Å²) < 4.78 is 26.0. The summed E-state index contributed by atoms with van der Waals surface area (Å²) in [5.41, 5.74) is 0. The normalized spacial score (nSPS) is 17.1. The molecule has 0 bridgehead atoms. The summed E-state index contributed by atoms with van der Waals surface area (Å²) in [4.78, 5) is 14.3. The van der Waals surface area contributed by atoms with E-state index in [-0.39, 0.29) is 0 Å². The zero-order chi connectivity index (χ0) is 14.9. The van der Waals surface area contributed by atoms with Gasteiger partial charge in [0.1, 0.15) is 24.8 Å². The third kappa shape index (κ3) is 3.00. The van der Waals surface area contributed by atoms with Crippen LogP contribution in [0.3, 0.4) is 0 Å². The molecule has 2 aromatic rings. The lowest BCUT2D eigenvalue weighted by molar-refractivity contribution is 0.387. The Morgan fingerprint density at radius 1 is 1.05 bits per heavy atom. The number of piperazine rings is 1. The molecule has 3 rings (SSSR count). The molecule has 0 radical (unpaired) electrons. The Bertz CT molecular complexity index is 708. The molecule has 1 aliphatic rings. The quantitative estimate of drug-likeness (QED) is 0.727.